The second kappa shape index (κ2) is 8.01. The van der Waals surface area contributed by atoms with Crippen LogP contribution in [-0.2, 0) is 19.6 Å². The van der Waals surface area contributed by atoms with E-state index in [-0.39, 0.29) is 25.7 Å². The van der Waals surface area contributed by atoms with Gasteiger partial charge in [-0.25, -0.2) is 8.42 Å². The highest BCUT2D eigenvalue weighted by molar-refractivity contribution is 7.93. The average molecular weight is 443 g/mol. The first-order chi connectivity index (χ1) is 11.7. The van der Waals surface area contributed by atoms with E-state index in [0.717, 1.165) is 11.4 Å². The van der Waals surface area contributed by atoms with Crippen LogP contribution < -0.4 is 4.31 Å². The molecule has 0 unspecified atom stereocenters. The Morgan fingerprint density at radius 1 is 1.00 bits per heavy atom. The summed E-state index contributed by atoms with van der Waals surface area (Å²) < 4.78 is 31.5. The molecule has 0 radical (unpaired) electrons. The molecule has 0 N–H and O–H groups in total. The van der Waals surface area contributed by atoms with E-state index < -0.39 is 22.5 Å². The van der Waals surface area contributed by atoms with Gasteiger partial charge in [-0.15, -0.1) is 0 Å². The summed E-state index contributed by atoms with van der Waals surface area (Å²) in [4.78, 5) is 11.5. The van der Waals surface area contributed by atoms with Crippen LogP contribution in [-0.4, -0.2) is 28.0 Å². The first kappa shape index (κ1) is 20.1. The highest BCUT2D eigenvalue weighted by atomic mass is 35.5. The van der Waals surface area contributed by atoms with Gasteiger partial charge >= 0.3 is 5.97 Å². The van der Waals surface area contributed by atoms with Gasteiger partial charge in [0.1, 0.15) is 11.4 Å². The van der Waals surface area contributed by atoms with Gasteiger partial charge in [0.05, 0.1) is 22.8 Å². The molecule has 0 aromatic heterocycles. The normalized spacial score (nSPS) is 11.2. The molecule has 0 bridgehead atoms. The molecule has 0 aliphatic rings. The number of esters is 1. The zero-order valence-electron chi connectivity index (χ0n) is 12.7. The molecule has 2 rings (SSSR count). The third-order valence-corrected chi connectivity index (χ3v) is 6.15. The molecule has 25 heavy (non-hydrogen) atoms. The predicted octanol–water partition coefficient (Wildman–Crippen LogP) is 4.67. The van der Waals surface area contributed by atoms with Crippen LogP contribution in [0.25, 0.3) is 0 Å². The van der Waals surface area contributed by atoms with E-state index in [4.69, 9.17) is 46.4 Å². The highest BCUT2D eigenvalue weighted by Crippen LogP contribution is 2.35. The Bertz CT molecular complexity index is 918. The third-order valence-electron chi connectivity index (χ3n) is 3.14. The van der Waals surface area contributed by atoms with Crippen LogP contribution in [0.5, 0.6) is 0 Å². The van der Waals surface area contributed by atoms with E-state index in [9.17, 15) is 13.2 Å². The molecule has 0 aliphatic carbocycles. The number of anilines is 1. The summed E-state index contributed by atoms with van der Waals surface area (Å²) >= 11 is 23.9. The van der Waals surface area contributed by atoms with Gasteiger partial charge in [0.2, 0.25) is 0 Å². The molecule has 134 valence electrons. The molecular weight excluding hydrogens is 432 g/mol. The number of halogens is 4. The van der Waals surface area contributed by atoms with Crippen LogP contribution in [0.15, 0.2) is 41.3 Å². The van der Waals surface area contributed by atoms with Crippen LogP contribution in [0.1, 0.15) is 0 Å². The van der Waals surface area contributed by atoms with E-state index >= 15 is 0 Å². The van der Waals surface area contributed by atoms with Crippen molar-refractivity contribution in [2.24, 2.45) is 0 Å². The van der Waals surface area contributed by atoms with Crippen LogP contribution >= 0.6 is 46.4 Å². The minimum absolute atomic E-state index is 0.0399. The lowest BCUT2D eigenvalue weighted by Gasteiger charge is -2.25. The van der Waals surface area contributed by atoms with Crippen molar-refractivity contribution in [2.75, 3.05) is 18.0 Å². The molecule has 0 amide bonds. The molecule has 0 saturated heterocycles. The van der Waals surface area contributed by atoms with Gasteiger partial charge in [-0.3, -0.25) is 9.10 Å². The van der Waals surface area contributed by atoms with Crippen molar-refractivity contribution in [3.63, 3.8) is 0 Å². The molecule has 0 heterocycles. The van der Waals surface area contributed by atoms with Crippen molar-refractivity contribution in [1.82, 2.24) is 0 Å². The summed E-state index contributed by atoms with van der Waals surface area (Å²) in [6, 6.07) is 8.16. The summed E-state index contributed by atoms with van der Waals surface area (Å²) in [5.74, 6) is -0.784. The maximum atomic E-state index is 13.1. The van der Waals surface area contributed by atoms with Gasteiger partial charge in [0, 0.05) is 10.0 Å². The number of sulfonamides is 1. The largest absolute Gasteiger partial charge is 0.468 e. The van der Waals surface area contributed by atoms with E-state index in [2.05, 4.69) is 4.74 Å². The minimum Gasteiger partial charge on any atom is -0.468 e. The summed E-state index contributed by atoms with van der Waals surface area (Å²) in [5, 5.41) is 0.468. The van der Waals surface area contributed by atoms with Crippen molar-refractivity contribution in [1.29, 1.82) is 0 Å². The smallest absolute Gasteiger partial charge is 0.326 e. The monoisotopic (exact) mass is 441 g/mol. The van der Waals surface area contributed by atoms with Gasteiger partial charge < -0.3 is 4.74 Å². The summed E-state index contributed by atoms with van der Waals surface area (Å²) in [6.45, 7) is -0.608. The second-order valence-electron chi connectivity index (χ2n) is 4.76. The van der Waals surface area contributed by atoms with Crippen molar-refractivity contribution < 1.29 is 17.9 Å². The second-order valence-corrected chi connectivity index (χ2v) is 8.28. The maximum Gasteiger partial charge on any atom is 0.326 e. The van der Waals surface area contributed by atoms with Gasteiger partial charge in [-0.2, -0.15) is 0 Å². The molecule has 0 atom stereocenters. The number of carbonyl (C=O) groups excluding carboxylic acids is 1. The number of carbonyl (C=O) groups is 1. The number of ether oxygens (including phenoxy) is 1. The molecule has 0 spiro atoms. The molecule has 0 saturated carbocycles. The SMILES string of the molecule is COC(=O)CN(c1ccc(Cl)cc1Cl)S(=O)(=O)c1cc(Cl)ccc1Cl. The average Bonchev–Trinajstić information content (AvgIpc) is 2.55. The molecule has 10 heteroatoms. The Labute approximate surface area is 165 Å². The first-order valence-electron chi connectivity index (χ1n) is 6.66. The minimum atomic E-state index is -4.26. The Morgan fingerprint density at radius 2 is 1.60 bits per heavy atom. The Morgan fingerprint density at radius 3 is 2.20 bits per heavy atom. The third kappa shape index (κ3) is 4.51. The zero-order chi connectivity index (χ0) is 18.8. The fraction of sp³-hybridized carbons (Fsp3) is 0.133. The fourth-order valence-electron chi connectivity index (χ4n) is 1.96. The summed E-state index contributed by atoms with van der Waals surface area (Å²) in [5.41, 5.74) is 0.0486. The summed E-state index contributed by atoms with van der Waals surface area (Å²) in [6.07, 6.45) is 0. The van der Waals surface area contributed by atoms with E-state index in [1.54, 1.807) is 0 Å². The Balaban J connectivity index is 2.65. The number of hydrogen-bond donors (Lipinski definition) is 0. The van der Waals surface area contributed by atoms with Gasteiger partial charge in [0.15, 0.2) is 0 Å². The van der Waals surface area contributed by atoms with Gasteiger partial charge in [0.25, 0.3) is 10.0 Å². The van der Waals surface area contributed by atoms with Gasteiger partial charge in [-0.05, 0) is 36.4 Å². The molecule has 0 fully saturated rings. The number of methoxy groups -OCH3 is 1. The van der Waals surface area contributed by atoms with Crippen molar-refractivity contribution >= 4 is 68.1 Å². The quantitative estimate of drug-likeness (QED) is 0.631. The Kier molecular flexibility index (Phi) is 6.45. The van der Waals surface area contributed by atoms with Crippen LogP contribution in [0.4, 0.5) is 5.69 Å². The number of nitrogens with zero attached hydrogens (tertiary/aromatic N) is 1. The Hall–Kier alpha value is -1.18. The van der Waals surface area contributed by atoms with Crippen molar-refractivity contribution in [2.45, 2.75) is 4.90 Å². The zero-order valence-corrected chi connectivity index (χ0v) is 16.5. The lowest BCUT2D eigenvalue weighted by atomic mass is 10.3. The van der Waals surface area contributed by atoms with Crippen molar-refractivity contribution in [3.8, 4) is 0 Å². The highest BCUT2D eigenvalue weighted by Gasteiger charge is 2.31. The first-order valence-corrected chi connectivity index (χ1v) is 9.61. The fourth-order valence-corrected chi connectivity index (χ4v) is 4.69. The number of hydrogen-bond acceptors (Lipinski definition) is 4. The van der Waals surface area contributed by atoms with Crippen LogP contribution in [0, 0.1) is 0 Å². The van der Waals surface area contributed by atoms with Crippen molar-refractivity contribution in [3.05, 3.63) is 56.5 Å². The lowest BCUT2D eigenvalue weighted by molar-refractivity contribution is -0.138. The van der Waals surface area contributed by atoms with E-state index in [1.807, 2.05) is 0 Å². The molecule has 5 nitrogen and oxygen atoms in total. The molecule has 0 aliphatic heterocycles. The topological polar surface area (TPSA) is 63.7 Å². The maximum absolute atomic E-state index is 13.1. The number of benzene rings is 2. The summed E-state index contributed by atoms with van der Waals surface area (Å²) in [7, 11) is -3.12. The van der Waals surface area contributed by atoms with Crippen LogP contribution in [0.2, 0.25) is 20.1 Å². The van der Waals surface area contributed by atoms with E-state index in [1.165, 1.54) is 36.4 Å². The lowest BCUT2D eigenvalue weighted by Crippen LogP contribution is -2.36. The number of rotatable bonds is 5. The van der Waals surface area contributed by atoms with Crippen LogP contribution in [0.3, 0.4) is 0 Å². The molecule has 2 aromatic carbocycles. The predicted molar refractivity (Wildman–Crippen MR) is 99.5 cm³/mol. The van der Waals surface area contributed by atoms with E-state index in [0.29, 0.717) is 5.02 Å². The molecular formula is C15H11Cl4NO4S. The molecule has 2 aromatic rings. The van der Waals surface area contributed by atoms with Gasteiger partial charge in [-0.1, -0.05) is 46.4 Å². The standard InChI is InChI=1S/C15H11Cl4NO4S/c1-24-15(21)8-20(13-5-3-9(16)6-12(13)19)25(22,23)14-7-10(17)2-4-11(14)18/h2-7H,8H2,1H3.